The first-order valence-corrected chi connectivity index (χ1v) is 12.2. The van der Waals surface area contributed by atoms with E-state index in [0.717, 1.165) is 6.26 Å². The van der Waals surface area contributed by atoms with E-state index in [4.69, 9.17) is 9.47 Å². The van der Waals surface area contributed by atoms with Crippen LogP contribution in [0.15, 0.2) is 53.6 Å². The van der Waals surface area contributed by atoms with Gasteiger partial charge < -0.3 is 19.7 Å². The van der Waals surface area contributed by atoms with E-state index >= 15 is 0 Å². The quantitative estimate of drug-likeness (QED) is 0.570. The average molecular weight is 485 g/mol. The number of hydrogen-bond acceptors (Lipinski definition) is 7. The second-order valence-corrected chi connectivity index (χ2v) is 10.2. The zero-order valence-electron chi connectivity index (χ0n) is 19.1. The second kappa shape index (κ2) is 8.82. The predicted molar refractivity (Wildman–Crippen MR) is 124 cm³/mol. The zero-order chi connectivity index (χ0) is 24.6. The normalized spacial score (nSPS) is 14.8. The van der Waals surface area contributed by atoms with Crippen LogP contribution in [0.5, 0.6) is 17.2 Å². The molecule has 0 aliphatic carbocycles. The standard InChI is InChI=1S/C23H24N4O6S/c1-26(2)23(29)20-13-17-18(32-15-5-7-16(8-6-15)34(4,30)31)11-14(12-19(17)33-20)22(28)24-21-9-10-27(3)25-21/h5-12,20H,13H2,1-4H3,(H,24,25,28). The van der Waals surface area contributed by atoms with Crippen LogP contribution in [0.3, 0.4) is 0 Å². The van der Waals surface area contributed by atoms with Crippen molar-refractivity contribution in [3.63, 3.8) is 0 Å². The van der Waals surface area contributed by atoms with E-state index in [1.54, 1.807) is 50.2 Å². The third kappa shape index (κ3) is 4.88. The van der Waals surface area contributed by atoms with Gasteiger partial charge in [0, 0.05) is 57.2 Å². The maximum Gasteiger partial charge on any atom is 0.263 e. The lowest BCUT2D eigenvalue weighted by atomic mass is 10.0. The lowest BCUT2D eigenvalue weighted by molar-refractivity contribution is -0.135. The predicted octanol–water partition coefficient (Wildman–Crippen LogP) is 2.26. The summed E-state index contributed by atoms with van der Waals surface area (Å²) in [6.07, 6.45) is 2.35. The number of nitrogens with one attached hydrogen (secondary N) is 1. The molecule has 2 amide bonds. The molecule has 34 heavy (non-hydrogen) atoms. The highest BCUT2D eigenvalue weighted by Crippen LogP contribution is 2.40. The molecule has 1 aliphatic rings. The molecule has 2 heterocycles. The summed E-state index contributed by atoms with van der Waals surface area (Å²) in [5.74, 6) is 0.832. The number of anilines is 1. The Labute approximate surface area is 197 Å². The molecule has 1 unspecified atom stereocenters. The van der Waals surface area contributed by atoms with Crippen LogP contribution < -0.4 is 14.8 Å². The Bertz CT molecular complexity index is 1360. The molecule has 1 aromatic heterocycles. The molecule has 0 saturated heterocycles. The largest absolute Gasteiger partial charge is 0.480 e. The molecule has 10 nitrogen and oxygen atoms in total. The number of amides is 2. The van der Waals surface area contributed by atoms with Crippen LogP contribution >= 0.6 is 0 Å². The molecule has 1 atom stereocenters. The van der Waals surface area contributed by atoms with Gasteiger partial charge in [-0.25, -0.2) is 8.42 Å². The van der Waals surface area contributed by atoms with Crippen molar-refractivity contribution < 1.29 is 27.5 Å². The zero-order valence-corrected chi connectivity index (χ0v) is 19.9. The number of fused-ring (bicyclic) bond motifs is 1. The SMILES string of the molecule is CN(C)C(=O)C1Cc2c(Oc3ccc(S(C)(=O)=O)cc3)cc(C(=O)Nc3ccn(C)n3)cc2O1. The number of carbonyl (C=O) groups excluding carboxylic acids is 2. The van der Waals surface area contributed by atoms with Gasteiger partial charge in [-0.2, -0.15) is 5.10 Å². The summed E-state index contributed by atoms with van der Waals surface area (Å²) in [5, 5.41) is 6.86. The fourth-order valence-electron chi connectivity index (χ4n) is 3.51. The van der Waals surface area contributed by atoms with Gasteiger partial charge in [0.25, 0.3) is 11.8 Å². The number of benzene rings is 2. The maximum atomic E-state index is 12.9. The van der Waals surface area contributed by atoms with Crippen molar-refractivity contribution in [2.45, 2.75) is 17.4 Å². The Balaban J connectivity index is 1.68. The minimum absolute atomic E-state index is 0.161. The lowest BCUT2D eigenvalue weighted by Crippen LogP contribution is -2.36. The Morgan fingerprint density at radius 2 is 1.88 bits per heavy atom. The van der Waals surface area contributed by atoms with Crippen molar-refractivity contribution in [3.8, 4) is 17.2 Å². The molecule has 0 spiro atoms. The van der Waals surface area contributed by atoms with Gasteiger partial charge in [-0.3, -0.25) is 14.3 Å². The molecule has 3 aromatic rings. The summed E-state index contributed by atoms with van der Waals surface area (Å²) in [4.78, 5) is 27.0. The van der Waals surface area contributed by atoms with Gasteiger partial charge >= 0.3 is 0 Å². The highest BCUT2D eigenvalue weighted by molar-refractivity contribution is 7.90. The van der Waals surface area contributed by atoms with Gasteiger partial charge in [0.05, 0.1) is 4.90 Å². The van der Waals surface area contributed by atoms with E-state index in [2.05, 4.69) is 10.4 Å². The summed E-state index contributed by atoms with van der Waals surface area (Å²) in [6, 6.07) is 10.7. The smallest absolute Gasteiger partial charge is 0.263 e. The average Bonchev–Trinajstić information content (AvgIpc) is 3.38. The molecule has 2 aromatic carbocycles. The van der Waals surface area contributed by atoms with Crippen LogP contribution in [-0.4, -0.2) is 61.4 Å². The molecule has 1 N–H and O–H groups in total. The number of aryl methyl sites for hydroxylation is 1. The van der Waals surface area contributed by atoms with Crippen LogP contribution in [0, 0.1) is 0 Å². The molecule has 0 bridgehead atoms. The second-order valence-electron chi connectivity index (χ2n) is 8.17. The van der Waals surface area contributed by atoms with E-state index < -0.39 is 21.8 Å². The first kappa shape index (κ1) is 23.3. The fraction of sp³-hybridized carbons (Fsp3) is 0.261. The third-order valence-corrected chi connectivity index (χ3v) is 6.37. The summed E-state index contributed by atoms with van der Waals surface area (Å²) in [7, 11) is 1.67. The van der Waals surface area contributed by atoms with E-state index in [1.807, 2.05) is 0 Å². The monoisotopic (exact) mass is 484 g/mol. The Morgan fingerprint density at radius 3 is 2.47 bits per heavy atom. The summed E-state index contributed by atoms with van der Waals surface area (Å²) in [5.41, 5.74) is 0.895. The maximum absolute atomic E-state index is 12.9. The van der Waals surface area contributed by atoms with Crippen molar-refractivity contribution >= 4 is 27.5 Å². The van der Waals surface area contributed by atoms with Crippen LogP contribution in [-0.2, 0) is 28.1 Å². The number of hydrogen-bond donors (Lipinski definition) is 1. The van der Waals surface area contributed by atoms with E-state index in [0.29, 0.717) is 28.6 Å². The highest BCUT2D eigenvalue weighted by Gasteiger charge is 2.34. The van der Waals surface area contributed by atoms with Crippen molar-refractivity contribution in [2.24, 2.45) is 7.05 Å². The fourth-order valence-corrected chi connectivity index (χ4v) is 4.14. The number of carbonyl (C=O) groups is 2. The number of rotatable bonds is 6. The van der Waals surface area contributed by atoms with Crippen LogP contribution in [0.2, 0.25) is 0 Å². The van der Waals surface area contributed by atoms with Gasteiger partial charge in [0.1, 0.15) is 17.2 Å². The number of ether oxygens (including phenoxy) is 2. The van der Waals surface area contributed by atoms with E-state index in [-0.39, 0.29) is 22.8 Å². The minimum atomic E-state index is -3.35. The van der Waals surface area contributed by atoms with Gasteiger partial charge in [0.2, 0.25) is 0 Å². The molecule has 0 fully saturated rings. The number of likely N-dealkylation sites (N-methyl/N-ethyl adjacent to an activating group) is 1. The molecular weight excluding hydrogens is 460 g/mol. The highest BCUT2D eigenvalue weighted by atomic mass is 32.2. The van der Waals surface area contributed by atoms with Crippen molar-refractivity contribution in [2.75, 3.05) is 25.7 Å². The molecule has 0 saturated carbocycles. The Morgan fingerprint density at radius 1 is 1.18 bits per heavy atom. The van der Waals surface area contributed by atoms with Crippen LogP contribution in [0.4, 0.5) is 5.82 Å². The van der Waals surface area contributed by atoms with Crippen LogP contribution in [0.1, 0.15) is 15.9 Å². The topological polar surface area (TPSA) is 120 Å². The first-order chi connectivity index (χ1) is 16.0. The van der Waals surface area contributed by atoms with E-state index in [1.165, 1.54) is 29.2 Å². The summed E-state index contributed by atoms with van der Waals surface area (Å²) in [6.45, 7) is 0. The molecule has 11 heteroatoms. The van der Waals surface area contributed by atoms with Gasteiger partial charge in [-0.1, -0.05) is 0 Å². The summed E-state index contributed by atoms with van der Waals surface area (Å²) < 4.78 is 36.9. The van der Waals surface area contributed by atoms with Crippen LogP contribution in [0.25, 0.3) is 0 Å². The summed E-state index contributed by atoms with van der Waals surface area (Å²) >= 11 is 0. The van der Waals surface area contributed by atoms with Crippen molar-refractivity contribution in [3.05, 3.63) is 59.8 Å². The Kier molecular flexibility index (Phi) is 6.05. The first-order valence-electron chi connectivity index (χ1n) is 10.3. The number of aromatic nitrogens is 2. The van der Waals surface area contributed by atoms with Gasteiger partial charge in [-0.05, 0) is 36.4 Å². The molecule has 178 valence electrons. The van der Waals surface area contributed by atoms with Gasteiger partial charge in [0.15, 0.2) is 21.8 Å². The molecule has 1 aliphatic heterocycles. The molecule has 0 radical (unpaired) electrons. The van der Waals surface area contributed by atoms with Crippen molar-refractivity contribution in [1.29, 1.82) is 0 Å². The number of sulfone groups is 1. The third-order valence-electron chi connectivity index (χ3n) is 5.24. The van der Waals surface area contributed by atoms with Gasteiger partial charge in [-0.15, -0.1) is 0 Å². The minimum Gasteiger partial charge on any atom is -0.480 e. The van der Waals surface area contributed by atoms with E-state index in [9.17, 15) is 18.0 Å². The molecule has 4 rings (SSSR count). The Hall–Kier alpha value is -3.86. The number of nitrogens with zero attached hydrogens (tertiary/aromatic N) is 3. The molecular formula is C23H24N4O6S. The van der Waals surface area contributed by atoms with Crippen molar-refractivity contribution in [1.82, 2.24) is 14.7 Å². The lowest BCUT2D eigenvalue weighted by Gasteiger charge is -2.15.